The molecule has 0 spiro atoms. The fraction of sp³-hybridized carbons (Fsp3) is 0.400. The number of nitrogens with zero attached hydrogens (tertiary/aromatic N) is 5. The Hall–Kier alpha value is -2.86. The Morgan fingerprint density at radius 1 is 1.16 bits per heavy atom. The first-order valence-electron chi connectivity index (χ1n) is 10.00. The van der Waals surface area contributed by atoms with E-state index in [4.69, 9.17) is 29.2 Å². The number of fused-ring (bicyclic) bond motifs is 2. The van der Waals surface area contributed by atoms with Gasteiger partial charge in [0, 0.05) is 12.6 Å². The standard InChI is InChI=1S/C11H12F2N4S.C9H9N3OS/c1-2-11(12,13)10-14-8-7(9(18)15-10)5-17(16-8)6-3-4-6;1-5-11-8-7(9(14)12-5)3-6(13-2)4-10-8/h5-6H,2-4H2,1H3,(H,14,15,16,18);3-4H,1-2H3,(H,10,11,12,14). The van der Waals surface area contributed by atoms with Crippen molar-refractivity contribution >= 4 is 46.5 Å². The van der Waals surface area contributed by atoms with Gasteiger partial charge in [0.05, 0.1) is 30.1 Å². The maximum Gasteiger partial charge on any atom is 0.304 e. The molecule has 2 N–H and O–H groups in total. The molecule has 0 radical (unpaired) electrons. The van der Waals surface area contributed by atoms with Crippen molar-refractivity contribution in [3.63, 3.8) is 0 Å². The molecule has 1 aliphatic rings. The third-order valence-corrected chi connectivity index (χ3v) is 5.64. The van der Waals surface area contributed by atoms with Crippen molar-refractivity contribution in [2.45, 2.75) is 45.1 Å². The van der Waals surface area contributed by atoms with Crippen LogP contribution in [0.1, 0.15) is 43.9 Å². The molecule has 1 saturated carbocycles. The molecule has 4 heterocycles. The number of aromatic nitrogens is 7. The van der Waals surface area contributed by atoms with E-state index in [1.807, 2.05) is 13.0 Å². The molecular weight excluding hydrogens is 456 g/mol. The zero-order valence-corrected chi connectivity index (χ0v) is 19.3. The quantitative estimate of drug-likeness (QED) is 0.383. The number of ether oxygens (including phenoxy) is 1. The summed E-state index contributed by atoms with van der Waals surface area (Å²) in [5.74, 6) is -1.95. The van der Waals surface area contributed by atoms with Crippen LogP contribution in [-0.4, -0.2) is 41.8 Å². The highest BCUT2D eigenvalue weighted by molar-refractivity contribution is 7.71. The molecule has 0 bridgehead atoms. The fourth-order valence-corrected chi connectivity index (χ4v) is 3.57. The second kappa shape index (κ2) is 8.58. The van der Waals surface area contributed by atoms with Gasteiger partial charge in [-0.15, -0.1) is 0 Å². The van der Waals surface area contributed by atoms with Gasteiger partial charge in [0.2, 0.25) is 0 Å². The average molecular weight is 478 g/mol. The lowest BCUT2D eigenvalue weighted by atomic mass is 10.2. The number of methoxy groups -OCH3 is 1. The number of alkyl halides is 2. The molecular formula is C20H21F2N7OS2. The van der Waals surface area contributed by atoms with Crippen molar-refractivity contribution in [2.24, 2.45) is 0 Å². The summed E-state index contributed by atoms with van der Waals surface area (Å²) in [6.45, 7) is 3.26. The van der Waals surface area contributed by atoms with Gasteiger partial charge in [-0.1, -0.05) is 31.4 Å². The van der Waals surface area contributed by atoms with E-state index >= 15 is 0 Å². The molecule has 4 aromatic rings. The largest absolute Gasteiger partial charge is 0.495 e. The topological polar surface area (TPSA) is 97.3 Å². The summed E-state index contributed by atoms with van der Waals surface area (Å²) in [5.41, 5.74) is 1.13. The lowest BCUT2D eigenvalue weighted by Gasteiger charge is -2.12. The third kappa shape index (κ3) is 4.51. The molecule has 8 nitrogen and oxygen atoms in total. The molecule has 0 amide bonds. The van der Waals surface area contributed by atoms with Gasteiger partial charge in [0.1, 0.15) is 26.5 Å². The molecule has 168 valence electrons. The Balaban J connectivity index is 0.000000158. The number of aryl methyl sites for hydroxylation is 1. The Morgan fingerprint density at radius 3 is 2.53 bits per heavy atom. The molecule has 1 aliphatic carbocycles. The maximum absolute atomic E-state index is 13.6. The minimum atomic E-state index is -2.99. The van der Waals surface area contributed by atoms with Crippen LogP contribution >= 0.6 is 24.4 Å². The first-order chi connectivity index (χ1) is 15.2. The molecule has 0 saturated heterocycles. The van der Waals surface area contributed by atoms with Crippen LogP contribution in [0.25, 0.3) is 22.1 Å². The molecule has 12 heteroatoms. The molecule has 1 fully saturated rings. The smallest absolute Gasteiger partial charge is 0.304 e. The van der Waals surface area contributed by atoms with Crippen LogP contribution in [0.4, 0.5) is 8.78 Å². The summed E-state index contributed by atoms with van der Waals surface area (Å²) >= 11 is 10.2. The number of H-pyrrole nitrogens is 2. The van der Waals surface area contributed by atoms with Crippen molar-refractivity contribution in [2.75, 3.05) is 7.11 Å². The van der Waals surface area contributed by atoms with E-state index in [0.29, 0.717) is 27.5 Å². The SMILES string of the molecule is CCC(F)(F)c1nc(=S)c2cn(C3CC3)nc2[nH]1.COc1cnc2[nH]c(C)nc(=S)c2c1. The highest BCUT2D eigenvalue weighted by Gasteiger charge is 2.33. The molecule has 0 atom stereocenters. The van der Waals surface area contributed by atoms with Crippen LogP contribution in [0, 0.1) is 16.2 Å². The average Bonchev–Trinajstić information content (AvgIpc) is 3.52. The lowest BCUT2D eigenvalue weighted by Crippen LogP contribution is -2.16. The first-order valence-corrected chi connectivity index (χ1v) is 10.8. The van der Waals surface area contributed by atoms with Crippen molar-refractivity contribution in [1.82, 2.24) is 34.7 Å². The molecule has 32 heavy (non-hydrogen) atoms. The van der Waals surface area contributed by atoms with Gasteiger partial charge in [0.25, 0.3) is 0 Å². The summed E-state index contributed by atoms with van der Waals surface area (Å²) < 4.78 is 34.8. The van der Waals surface area contributed by atoms with Crippen LogP contribution in [0.5, 0.6) is 5.75 Å². The number of nitrogens with one attached hydrogen (secondary N) is 2. The number of hydrogen-bond acceptors (Lipinski definition) is 7. The minimum absolute atomic E-state index is 0.179. The maximum atomic E-state index is 13.6. The van der Waals surface area contributed by atoms with Crippen LogP contribution in [0.2, 0.25) is 0 Å². The Bertz CT molecular complexity index is 1410. The summed E-state index contributed by atoms with van der Waals surface area (Å²) in [6, 6.07) is 2.21. The molecule has 0 aromatic carbocycles. The predicted molar refractivity (Wildman–Crippen MR) is 121 cm³/mol. The molecule has 4 aromatic heterocycles. The molecule has 5 rings (SSSR count). The van der Waals surface area contributed by atoms with E-state index < -0.39 is 11.7 Å². The molecule has 0 aliphatic heterocycles. The van der Waals surface area contributed by atoms with Gasteiger partial charge in [-0.3, -0.25) is 4.68 Å². The van der Waals surface area contributed by atoms with E-state index in [1.54, 1.807) is 24.2 Å². The summed E-state index contributed by atoms with van der Waals surface area (Å²) in [6.07, 6.45) is 5.26. The minimum Gasteiger partial charge on any atom is -0.495 e. The highest BCUT2D eigenvalue weighted by Crippen LogP contribution is 2.35. The predicted octanol–water partition coefficient (Wildman–Crippen LogP) is 5.33. The number of pyridine rings is 1. The fourth-order valence-electron chi connectivity index (χ4n) is 3.04. The first kappa shape index (κ1) is 22.3. The van der Waals surface area contributed by atoms with Crippen LogP contribution in [-0.2, 0) is 5.92 Å². The van der Waals surface area contributed by atoms with Gasteiger partial charge in [-0.25, -0.2) is 15.0 Å². The van der Waals surface area contributed by atoms with Gasteiger partial charge >= 0.3 is 5.92 Å². The van der Waals surface area contributed by atoms with E-state index in [0.717, 1.165) is 29.7 Å². The Labute approximate surface area is 192 Å². The summed E-state index contributed by atoms with van der Waals surface area (Å²) in [4.78, 5) is 17.8. The zero-order chi connectivity index (χ0) is 23.0. The van der Waals surface area contributed by atoms with Gasteiger partial charge in [-0.2, -0.15) is 13.9 Å². The Morgan fingerprint density at radius 2 is 1.88 bits per heavy atom. The van der Waals surface area contributed by atoms with Crippen LogP contribution in [0.15, 0.2) is 18.5 Å². The second-order valence-electron chi connectivity index (χ2n) is 7.45. The number of rotatable bonds is 4. The zero-order valence-electron chi connectivity index (χ0n) is 17.6. The van der Waals surface area contributed by atoms with Gasteiger partial charge in [0.15, 0.2) is 11.5 Å². The van der Waals surface area contributed by atoms with Gasteiger partial charge < -0.3 is 14.7 Å². The van der Waals surface area contributed by atoms with Gasteiger partial charge in [-0.05, 0) is 25.8 Å². The summed E-state index contributed by atoms with van der Waals surface area (Å²) in [7, 11) is 1.59. The van der Waals surface area contributed by atoms with Crippen molar-refractivity contribution in [1.29, 1.82) is 0 Å². The number of halogens is 2. The van der Waals surface area contributed by atoms with E-state index in [1.165, 1.54) is 6.92 Å². The molecule has 0 unspecified atom stereocenters. The van der Waals surface area contributed by atoms with E-state index in [2.05, 4.69) is 30.0 Å². The third-order valence-electron chi connectivity index (χ3n) is 5.02. The van der Waals surface area contributed by atoms with Crippen molar-refractivity contribution in [3.05, 3.63) is 39.4 Å². The number of hydrogen-bond donors (Lipinski definition) is 2. The van der Waals surface area contributed by atoms with Crippen LogP contribution < -0.4 is 4.74 Å². The second-order valence-corrected chi connectivity index (χ2v) is 8.22. The van der Waals surface area contributed by atoms with Crippen LogP contribution in [0.3, 0.4) is 0 Å². The Kier molecular flexibility index (Phi) is 5.99. The number of aromatic amines is 2. The summed E-state index contributed by atoms with van der Waals surface area (Å²) in [5, 5.41) is 5.71. The van der Waals surface area contributed by atoms with Crippen molar-refractivity contribution < 1.29 is 13.5 Å². The highest BCUT2D eigenvalue weighted by atomic mass is 32.1. The monoisotopic (exact) mass is 477 g/mol. The van der Waals surface area contributed by atoms with E-state index in [-0.39, 0.29) is 11.1 Å². The normalized spacial score (nSPS) is 13.8. The lowest BCUT2D eigenvalue weighted by molar-refractivity contribution is -0.0173. The van der Waals surface area contributed by atoms with Crippen molar-refractivity contribution in [3.8, 4) is 5.75 Å². The van der Waals surface area contributed by atoms with E-state index in [9.17, 15) is 8.78 Å².